The van der Waals surface area contributed by atoms with Crippen LogP contribution in [0, 0.1) is 0 Å². The lowest BCUT2D eigenvalue weighted by Crippen LogP contribution is -1.89. The molecule has 0 N–H and O–H groups in total. The third-order valence-electron chi connectivity index (χ3n) is 3.09. The third-order valence-corrected chi connectivity index (χ3v) is 3.69. The second-order valence-corrected chi connectivity index (χ2v) is 4.88. The minimum atomic E-state index is 0.786. The summed E-state index contributed by atoms with van der Waals surface area (Å²) in [7, 11) is 0. The van der Waals surface area contributed by atoms with Crippen LogP contribution in [0.15, 0.2) is 66.7 Å². The van der Waals surface area contributed by atoms with Crippen molar-refractivity contribution in [3.8, 4) is 11.5 Å². The van der Waals surface area contributed by atoms with Gasteiger partial charge in [0.05, 0.1) is 0 Å². The van der Waals surface area contributed by atoms with Gasteiger partial charge >= 0.3 is 0 Å². The van der Waals surface area contributed by atoms with Gasteiger partial charge in [0.2, 0.25) is 0 Å². The Balaban J connectivity index is 2.06. The van der Waals surface area contributed by atoms with Crippen LogP contribution in [0.4, 0.5) is 0 Å². The highest BCUT2D eigenvalue weighted by Gasteiger charge is 2.05. The normalized spacial score (nSPS) is 10.6. The molecule has 3 aromatic carbocycles. The molecule has 1 nitrogen and oxygen atoms in total. The van der Waals surface area contributed by atoms with Crippen LogP contribution in [0.1, 0.15) is 5.56 Å². The van der Waals surface area contributed by atoms with Gasteiger partial charge in [0, 0.05) is 16.3 Å². The molecule has 19 heavy (non-hydrogen) atoms. The van der Waals surface area contributed by atoms with Crippen LogP contribution in [0.3, 0.4) is 0 Å². The van der Waals surface area contributed by atoms with E-state index in [9.17, 15) is 0 Å². The third kappa shape index (κ3) is 2.49. The van der Waals surface area contributed by atoms with Gasteiger partial charge < -0.3 is 4.74 Å². The van der Waals surface area contributed by atoms with Crippen molar-refractivity contribution in [1.29, 1.82) is 0 Å². The first-order valence-corrected chi connectivity index (χ1v) is 7.30. The van der Waals surface area contributed by atoms with E-state index in [1.165, 1.54) is 5.39 Å². The molecule has 0 bridgehead atoms. The number of para-hydroxylation sites is 1. The van der Waals surface area contributed by atoms with E-state index in [4.69, 9.17) is 4.74 Å². The smallest absolute Gasteiger partial charge is 0.135 e. The van der Waals surface area contributed by atoms with Gasteiger partial charge in [-0.25, -0.2) is 0 Å². The Morgan fingerprint density at radius 2 is 1.42 bits per heavy atom. The molecule has 0 saturated carbocycles. The van der Waals surface area contributed by atoms with Gasteiger partial charge in [-0.15, -0.1) is 0 Å². The lowest BCUT2D eigenvalue weighted by Gasteiger charge is -2.11. The highest BCUT2D eigenvalue weighted by atomic mass is 79.9. The number of halogens is 1. The molecule has 0 saturated heterocycles. The molecular formula is C17H13BrO. The maximum Gasteiger partial charge on any atom is 0.135 e. The van der Waals surface area contributed by atoms with Gasteiger partial charge in [0.25, 0.3) is 0 Å². The van der Waals surface area contributed by atoms with Crippen molar-refractivity contribution in [2.24, 2.45) is 0 Å². The van der Waals surface area contributed by atoms with Crippen LogP contribution in [-0.4, -0.2) is 0 Å². The Morgan fingerprint density at radius 1 is 0.737 bits per heavy atom. The predicted octanol–water partition coefficient (Wildman–Crippen LogP) is 5.53. The van der Waals surface area contributed by atoms with Crippen LogP contribution in [0.2, 0.25) is 0 Å². The highest BCUT2D eigenvalue weighted by molar-refractivity contribution is 9.08. The topological polar surface area (TPSA) is 9.23 Å². The maximum absolute atomic E-state index is 6.08. The molecule has 0 heterocycles. The number of ether oxygens (including phenoxy) is 1. The molecule has 3 rings (SSSR count). The number of rotatable bonds is 3. The van der Waals surface area contributed by atoms with Gasteiger partial charge in [0.15, 0.2) is 0 Å². The summed E-state index contributed by atoms with van der Waals surface area (Å²) in [6.45, 7) is 0. The van der Waals surface area contributed by atoms with Crippen molar-refractivity contribution >= 4 is 26.7 Å². The Hall–Kier alpha value is -1.80. The highest BCUT2D eigenvalue weighted by Crippen LogP contribution is 2.32. The van der Waals surface area contributed by atoms with Crippen molar-refractivity contribution in [1.82, 2.24) is 0 Å². The fourth-order valence-electron chi connectivity index (χ4n) is 2.12. The minimum Gasteiger partial charge on any atom is -0.456 e. The molecule has 0 spiro atoms. The average molecular weight is 313 g/mol. The SMILES string of the molecule is BrCc1ccccc1Oc1cccc2ccccc12. The molecule has 0 aromatic heterocycles. The largest absolute Gasteiger partial charge is 0.456 e. The molecule has 0 radical (unpaired) electrons. The van der Waals surface area contributed by atoms with E-state index >= 15 is 0 Å². The zero-order valence-electron chi connectivity index (χ0n) is 10.3. The van der Waals surface area contributed by atoms with E-state index in [1.807, 2.05) is 42.5 Å². The Bertz CT molecular complexity index is 701. The maximum atomic E-state index is 6.08. The summed E-state index contributed by atoms with van der Waals surface area (Å²) in [4.78, 5) is 0. The molecular weight excluding hydrogens is 300 g/mol. The average Bonchev–Trinajstić information content (AvgIpc) is 2.48. The Labute approximate surface area is 121 Å². The molecule has 0 atom stereocenters. The molecule has 2 heteroatoms. The van der Waals surface area contributed by atoms with Crippen LogP contribution in [0.5, 0.6) is 11.5 Å². The summed E-state index contributed by atoms with van der Waals surface area (Å²) in [5, 5.41) is 3.11. The molecule has 0 unspecified atom stereocenters. The zero-order chi connectivity index (χ0) is 13.1. The summed E-state index contributed by atoms with van der Waals surface area (Å²) >= 11 is 3.49. The number of hydrogen-bond acceptors (Lipinski definition) is 1. The van der Waals surface area contributed by atoms with E-state index < -0.39 is 0 Å². The molecule has 0 aliphatic heterocycles. The summed E-state index contributed by atoms with van der Waals surface area (Å²) < 4.78 is 6.08. The predicted molar refractivity (Wildman–Crippen MR) is 83.1 cm³/mol. The Kier molecular flexibility index (Phi) is 3.51. The number of hydrogen-bond donors (Lipinski definition) is 0. The first-order chi connectivity index (χ1) is 9.38. The molecule has 3 aromatic rings. The number of alkyl halides is 1. The van der Waals surface area contributed by atoms with E-state index in [-0.39, 0.29) is 0 Å². The fourth-order valence-corrected chi connectivity index (χ4v) is 2.58. The van der Waals surface area contributed by atoms with Gasteiger partial charge in [-0.05, 0) is 17.5 Å². The van der Waals surface area contributed by atoms with Crippen LogP contribution in [0.25, 0.3) is 10.8 Å². The van der Waals surface area contributed by atoms with Crippen molar-refractivity contribution in [2.45, 2.75) is 5.33 Å². The van der Waals surface area contributed by atoms with Gasteiger partial charge in [-0.1, -0.05) is 70.5 Å². The summed E-state index contributed by atoms with van der Waals surface area (Å²) in [5.74, 6) is 1.79. The molecule has 0 aliphatic carbocycles. The van der Waals surface area contributed by atoms with Crippen LogP contribution >= 0.6 is 15.9 Å². The van der Waals surface area contributed by atoms with Gasteiger partial charge in [0.1, 0.15) is 11.5 Å². The van der Waals surface area contributed by atoms with Crippen LogP contribution < -0.4 is 4.74 Å². The standard InChI is InChI=1S/C17H13BrO/c18-12-14-7-2-4-10-16(14)19-17-11-5-8-13-6-1-3-9-15(13)17/h1-11H,12H2. The quantitative estimate of drug-likeness (QED) is 0.578. The summed E-state index contributed by atoms with van der Waals surface area (Å²) in [5.41, 5.74) is 1.15. The van der Waals surface area contributed by atoms with Crippen molar-refractivity contribution in [3.05, 3.63) is 72.3 Å². The molecule has 0 aliphatic rings. The monoisotopic (exact) mass is 312 g/mol. The number of benzene rings is 3. The van der Waals surface area contributed by atoms with E-state index in [2.05, 4.69) is 40.2 Å². The molecule has 0 fully saturated rings. The second kappa shape index (κ2) is 5.45. The minimum absolute atomic E-state index is 0.786. The summed E-state index contributed by atoms with van der Waals surface area (Å²) in [6, 6.07) is 22.5. The van der Waals surface area contributed by atoms with E-state index in [1.54, 1.807) is 0 Å². The van der Waals surface area contributed by atoms with Crippen molar-refractivity contribution in [2.75, 3.05) is 0 Å². The molecule has 0 amide bonds. The lowest BCUT2D eigenvalue weighted by atomic mass is 10.1. The zero-order valence-corrected chi connectivity index (χ0v) is 11.9. The fraction of sp³-hybridized carbons (Fsp3) is 0.0588. The second-order valence-electron chi connectivity index (χ2n) is 4.32. The van der Waals surface area contributed by atoms with Crippen LogP contribution in [-0.2, 0) is 5.33 Å². The van der Waals surface area contributed by atoms with Gasteiger partial charge in [-0.2, -0.15) is 0 Å². The van der Waals surface area contributed by atoms with E-state index in [0.717, 1.165) is 27.8 Å². The number of fused-ring (bicyclic) bond motifs is 1. The lowest BCUT2D eigenvalue weighted by molar-refractivity contribution is 0.484. The van der Waals surface area contributed by atoms with Crippen molar-refractivity contribution < 1.29 is 4.74 Å². The molecule has 94 valence electrons. The summed E-state index contributed by atoms with van der Waals surface area (Å²) in [6.07, 6.45) is 0. The van der Waals surface area contributed by atoms with Crippen molar-refractivity contribution in [3.63, 3.8) is 0 Å². The first-order valence-electron chi connectivity index (χ1n) is 6.18. The Morgan fingerprint density at radius 3 is 2.32 bits per heavy atom. The first kappa shape index (κ1) is 12.2. The van der Waals surface area contributed by atoms with E-state index in [0.29, 0.717) is 0 Å². The van der Waals surface area contributed by atoms with Gasteiger partial charge in [-0.3, -0.25) is 0 Å².